The molecule has 0 bridgehead atoms. The number of hydrogen-bond donors (Lipinski definition) is 2. The second-order valence-corrected chi connectivity index (χ2v) is 8.65. The lowest BCUT2D eigenvalue weighted by atomic mass is 9.87. The fraction of sp³-hybridized carbons (Fsp3) is 0.545. The average Bonchev–Trinajstić information content (AvgIpc) is 3.01. The summed E-state index contributed by atoms with van der Waals surface area (Å²) in [6, 6.07) is 10.9. The second-order valence-electron chi connectivity index (χ2n) is 8.65. The summed E-state index contributed by atoms with van der Waals surface area (Å²) < 4.78 is 1.71. The van der Waals surface area contributed by atoms with Crippen LogP contribution in [0.3, 0.4) is 0 Å². The van der Waals surface area contributed by atoms with Gasteiger partial charge in [0.25, 0.3) is 0 Å². The molecule has 1 saturated heterocycles. The minimum Gasteiger partial charge on any atom is -0.371 e. The number of urea groups is 1. The molecule has 1 aromatic heterocycles. The molecule has 0 atom stereocenters. The van der Waals surface area contributed by atoms with Gasteiger partial charge < -0.3 is 10.2 Å². The van der Waals surface area contributed by atoms with Crippen LogP contribution in [0.1, 0.15) is 51.8 Å². The number of anilines is 2. The summed E-state index contributed by atoms with van der Waals surface area (Å²) in [5.74, 6) is 0.728. The van der Waals surface area contributed by atoms with Gasteiger partial charge in [-0.1, -0.05) is 39.8 Å². The van der Waals surface area contributed by atoms with E-state index in [4.69, 9.17) is 0 Å². The predicted molar refractivity (Wildman–Crippen MR) is 115 cm³/mol. The number of hydrogen-bond acceptors (Lipinski definition) is 3. The fourth-order valence-corrected chi connectivity index (χ4v) is 3.61. The van der Waals surface area contributed by atoms with Crippen LogP contribution in [0.25, 0.3) is 0 Å². The fourth-order valence-electron chi connectivity index (χ4n) is 3.61. The number of aromatic nitrogens is 2. The molecular weight excluding hydrogens is 350 g/mol. The highest BCUT2D eigenvalue weighted by Crippen LogP contribution is 2.26. The molecule has 28 heavy (non-hydrogen) atoms. The maximum Gasteiger partial charge on any atom is 0.320 e. The molecule has 0 unspecified atom stereocenters. The van der Waals surface area contributed by atoms with Gasteiger partial charge in [0.2, 0.25) is 0 Å². The van der Waals surface area contributed by atoms with E-state index in [0.29, 0.717) is 0 Å². The Morgan fingerprint density at radius 1 is 1.18 bits per heavy atom. The standard InChI is InChI=1S/C22H33N5O/c1-6-17-15-20(26(5)25-17)24-21(28)23-18-11-13-27(14-12-18)19-9-7-16(8-10-19)22(2,3)4/h7-10,15,18H,6,11-14H2,1-5H3,(H2,23,24,28). The Kier molecular flexibility index (Phi) is 5.96. The summed E-state index contributed by atoms with van der Waals surface area (Å²) in [6.07, 6.45) is 2.74. The van der Waals surface area contributed by atoms with E-state index in [-0.39, 0.29) is 17.5 Å². The van der Waals surface area contributed by atoms with Crippen LogP contribution in [0, 0.1) is 0 Å². The van der Waals surface area contributed by atoms with Crippen LogP contribution in [0.2, 0.25) is 0 Å². The zero-order chi connectivity index (χ0) is 20.3. The molecule has 1 aliphatic rings. The van der Waals surface area contributed by atoms with Crippen LogP contribution in [0.4, 0.5) is 16.3 Å². The smallest absolute Gasteiger partial charge is 0.320 e. The number of carbonyl (C=O) groups excluding carboxylic acids is 1. The maximum absolute atomic E-state index is 12.3. The molecule has 1 aliphatic heterocycles. The summed E-state index contributed by atoms with van der Waals surface area (Å²) in [7, 11) is 1.85. The SMILES string of the molecule is CCc1cc(NC(=O)NC2CCN(c3ccc(C(C)(C)C)cc3)CC2)n(C)n1. The lowest BCUT2D eigenvalue weighted by molar-refractivity contribution is 0.245. The van der Waals surface area contributed by atoms with Crippen molar-refractivity contribution in [1.29, 1.82) is 0 Å². The molecule has 0 radical (unpaired) electrons. The van der Waals surface area contributed by atoms with Crippen molar-refractivity contribution in [3.05, 3.63) is 41.6 Å². The first-order valence-electron chi connectivity index (χ1n) is 10.2. The van der Waals surface area contributed by atoms with Crippen LogP contribution >= 0.6 is 0 Å². The summed E-state index contributed by atoms with van der Waals surface area (Å²) >= 11 is 0. The molecule has 2 heterocycles. The van der Waals surface area contributed by atoms with Crippen molar-refractivity contribution in [1.82, 2.24) is 15.1 Å². The lowest BCUT2D eigenvalue weighted by Crippen LogP contribution is -2.46. The minimum absolute atomic E-state index is 0.154. The molecular formula is C22H33N5O. The second kappa shape index (κ2) is 8.25. The van der Waals surface area contributed by atoms with Gasteiger partial charge in [0, 0.05) is 37.9 Å². The van der Waals surface area contributed by atoms with Crippen LogP contribution in [-0.2, 0) is 18.9 Å². The van der Waals surface area contributed by atoms with Gasteiger partial charge in [-0.15, -0.1) is 0 Å². The van der Waals surface area contributed by atoms with Crippen LogP contribution in [0.5, 0.6) is 0 Å². The summed E-state index contributed by atoms with van der Waals surface area (Å²) in [5.41, 5.74) is 3.77. The third-order valence-electron chi connectivity index (χ3n) is 5.46. The zero-order valence-electron chi connectivity index (χ0n) is 17.7. The topological polar surface area (TPSA) is 62.2 Å². The summed E-state index contributed by atoms with van der Waals surface area (Å²) in [5, 5.41) is 10.4. The molecule has 2 N–H and O–H groups in total. The lowest BCUT2D eigenvalue weighted by Gasteiger charge is -2.34. The van der Waals surface area contributed by atoms with Crippen molar-refractivity contribution in [3.8, 4) is 0 Å². The van der Waals surface area contributed by atoms with Crippen molar-refractivity contribution in [2.24, 2.45) is 7.05 Å². The third-order valence-corrected chi connectivity index (χ3v) is 5.46. The highest BCUT2D eigenvalue weighted by Gasteiger charge is 2.22. The van der Waals surface area contributed by atoms with Gasteiger partial charge in [-0.25, -0.2) is 4.79 Å². The Hall–Kier alpha value is -2.50. The van der Waals surface area contributed by atoms with E-state index in [1.807, 2.05) is 13.1 Å². The first-order valence-corrected chi connectivity index (χ1v) is 10.2. The first kappa shape index (κ1) is 20.2. The largest absolute Gasteiger partial charge is 0.371 e. The highest BCUT2D eigenvalue weighted by atomic mass is 16.2. The molecule has 1 fully saturated rings. The van der Waals surface area contributed by atoms with E-state index >= 15 is 0 Å². The monoisotopic (exact) mass is 383 g/mol. The van der Waals surface area contributed by atoms with E-state index in [1.165, 1.54) is 11.3 Å². The quantitative estimate of drug-likeness (QED) is 0.837. The highest BCUT2D eigenvalue weighted by molar-refractivity contribution is 5.88. The van der Waals surface area contributed by atoms with E-state index in [2.05, 4.69) is 72.6 Å². The number of benzene rings is 1. The molecule has 6 nitrogen and oxygen atoms in total. The molecule has 0 saturated carbocycles. The number of nitrogens with one attached hydrogen (secondary N) is 2. The molecule has 152 valence electrons. The van der Waals surface area contributed by atoms with Gasteiger partial charge in [-0.2, -0.15) is 5.10 Å². The van der Waals surface area contributed by atoms with Gasteiger partial charge in [0.15, 0.2) is 0 Å². The number of aryl methyl sites for hydroxylation is 2. The third kappa shape index (κ3) is 4.86. The molecule has 0 spiro atoms. The van der Waals surface area contributed by atoms with Gasteiger partial charge in [0.1, 0.15) is 5.82 Å². The van der Waals surface area contributed by atoms with Gasteiger partial charge >= 0.3 is 6.03 Å². The number of piperidine rings is 1. The van der Waals surface area contributed by atoms with Crippen molar-refractivity contribution in [3.63, 3.8) is 0 Å². The van der Waals surface area contributed by atoms with Crippen LogP contribution in [0.15, 0.2) is 30.3 Å². The van der Waals surface area contributed by atoms with E-state index < -0.39 is 0 Å². The zero-order valence-corrected chi connectivity index (χ0v) is 17.7. The normalized spacial score (nSPS) is 15.5. The molecule has 2 aromatic rings. The average molecular weight is 384 g/mol. The molecule has 0 aliphatic carbocycles. The van der Waals surface area contributed by atoms with Crippen molar-refractivity contribution < 1.29 is 4.79 Å². The Morgan fingerprint density at radius 3 is 2.36 bits per heavy atom. The number of amides is 2. The van der Waals surface area contributed by atoms with E-state index in [1.54, 1.807) is 4.68 Å². The first-order chi connectivity index (χ1) is 13.3. The minimum atomic E-state index is -0.154. The summed E-state index contributed by atoms with van der Waals surface area (Å²) in [6.45, 7) is 10.7. The van der Waals surface area contributed by atoms with Crippen molar-refractivity contribution in [2.75, 3.05) is 23.3 Å². The van der Waals surface area contributed by atoms with E-state index in [9.17, 15) is 4.79 Å². The molecule has 2 amide bonds. The Bertz CT molecular complexity index is 795. The number of carbonyl (C=O) groups is 1. The van der Waals surface area contributed by atoms with Gasteiger partial charge in [0.05, 0.1) is 5.69 Å². The van der Waals surface area contributed by atoms with Crippen molar-refractivity contribution in [2.45, 2.75) is 58.4 Å². The number of rotatable bonds is 4. The number of nitrogens with zero attached hydrogens (tertiary/aromatic N) is 3. The van der Waals surface area contributed by atoms with Gasteiger partial charge in [-0.3, -0.25) is 10.00 Å². The molecule has 3 rings (SSSR count). The Balaban J connectivity index is 1.49. The predicted octanol–water partition coefficient (Wildman–Crippen LogP) is 4.07. The van der Waals surface area contributed by atoms with Crippen molar-refractivity contribution >= 4 is 17.5 Å². The summed E-state index contributed by atoms with van der Waals surface area (Å²) in [4.78, 5) is 14.7. The molecule has 6 heteroatoms. The van der Waals surface area contributed by atoms with Crippen LogP contribution in [-0.4, -0.2) is 34.9 Å². The molecule has 1 aromatic carbocycles. The Morgan fingerprint density at radius 2 is 1.82 bits per heavy atom. The van der Waals surface area contributed by atoms with E-state index in [0.717, 1.165) is 43.9 Å². The Labute approximate surface area is 168 Å². The van der Waals surface area contributed by atoms with Crippen LogP contribution < -0.4 is 15.5 Å². The maximum atomic E-state index is 12.3. The van der Waals surface area contributed by atoms with Gasteiger partial charge in [-0.05, 0) is 42.4 Å².